The SMILES string of the molecule is NC(=O)NCCSc1nonc1/C(=N/O)NC1Cc2c(F)cccc21. The van der Waals surface area contributed by atoms with Crippen LogP contribution in [-0.2, 0) is 6.42 Å². The number of carbonyl (C=O) groups excluding carboxylic acids is 1. The summed E-state index contributed by atoms with van der Waals surface area (Å²) in [7, 11) is 0. The molecule has 1 unspecified atom stereocenters. The summed E-state index contributed by atoms with van der Waals surface area (Å²) in [6.45, 7) is 0.334. The number of urea groups is 1. The molecule has 1 atom stereocenters. The van der Waals surface area contributed by atoms with Crippen LogP contribution in [0.2, 0.25) is 0 Å². The molecule has 1 aromatic carbocycles. The quantitative estimate of drug-likeness (QED) is 0.149. The summed E-state index contributed by atoms with van der Waals surface area (Å²) < 4.78 is 18.3. The van der Waals surface area contributed by atoms with Crippen molar-refractivity contribution in [2.75, 3.05) is 12.3 Å². The van der Waals surface area contributed by atoms with E-state index in [0.29, 0.717) is 29.3 Å². The highest BCUT2D eigenvalue weighted by molar-refractivity contribution is 7.99. The molecule has 2 amide bonds. The number of aromatic nitrogens is 2. The van der Waals surface area contributed by atoms with Crippen molar-refractivity contribution >= 4 is 23.6 Å². The molecule has 0 aliphatic heterocycles. The maximum absolute atomic E-state index is 13.6. The Morgan fingerprint density at radius 1 is 1.52 bits per heavy atom. The zero-order valence-electron chi connectivity index (χ0n) is 12.9. The number of primary amides is 1. The molecule has 1 aliphatic carbocycles. The first-order chi connectivity index (χ1) is 12.1. The number of benzene rings is 1. The second-order valence-electron chi connectivity index (χ2n) is 5.21. The lowest BCUT2D eigenvalue weighted by atomic mass is 9.83. The van der Waals surface area contributed by atoms with Crippen LogP contribution in [0.1, 0.15) is 22.9 Å². The van der Waals surface area contributed by atoms with Crippen molar-refractivity contribution in [3.8, 4) is 0 Å². The molecular weight excluding hydrogens is 351 g/mol. The number of carbonyl (C=O) groups is 1. The van der Waals surface area contributed by atoms with E-state index in [9.17, 15) is 14.4 Å². The second kappa shape index (κ2) is 7.38. The first kappa shape index (κ1) is 17.0. The van der Waals surface area contributed by atoms with Crippen molar-refractivity contribution in [3.05, 3.63) is 40.8 Å². The lowest BCUT2D eigenvalue weighted by Gasteiger charge is -2.31. The number of fused-ring (bicyclic) bond motifs is 1. The van der Waals surface area contributed by atoms with Crippen LogP contribution in [-0.4, -0.2) is 39.7 Å². The Labute approximate surface area is 145 Å². The van der Waals surface area contributed by atoms with E-state index in [-0.39, 0.29) is 23.4 Å². The summed E-state index contributed by atoms with van der Waals surface area (Å²) in [6, 6.07) is 4.03. The van der Waals surface area contributed by atoms with Crippen LogP contribution < -0.4 is 16.4 Å². The van der Waals surface area contributed by atoms with Crippen molar-refractivity contribution < 1.29 is 19.0 Å². The van der Waals surface area contributed by atoms with Gasteiger partial charge in [0, 0.05) is 18.7 Å². The zero-order chi connectivity index (χ0) is 17.8. The summed E-state index contributed by atoms with van der Waals surface area (Å²) in [6.07, 6.45) is 0.470. The molecule has 0 radical (unpaired) electrons. The van der Waals surface area contributed by atoms with Crippen molar-refractivity contribution in [1.29, 1.82) is 0 Å². The van der Waals surface area contributed by atoms with Gasteiger partial charge in [-0.05, 0) is 27.5 Å². The number of nitrogens with zero attached hydrogens (tertiary/aromatic N) is 3. The number of nitrogens with one attached hydrogen (secondary N) is 2. The zero-order valence-corrected chi connectivity index (χ0v) is 13.7. The molecule has 0 bridgehead atoms. The van der Waals surface area contributed by atoms with Crippen molar-refractivity contribution in [2.45, 2.75) is 17.5 Å². The molecule has 1 aromatic heterocycles. The lowest BCUT2D eigenvalue weighted by Crippen LogP contribution is -2.37. The van der Waals surface area contributed by atoms with Gasteiger partial charge in [0.15, 0.2) is 16.6 Å². The summed E-state index contributed by atoms with van der Waals surface area (Å²) in [4.78, 5) is 10.6. The number of oxime groups is 1. The van der Waals surface area contributed by atoms with E-state index in [1.165, 1.54) is 17.8 Å². The third-order valence-corrected chi connectivity index (χ3v) is 4.62. The predicted octanol–water partition coefficient (Wildman–Crippen LogP) is 0.992. The normalized spacial score (nSPS) is 16.0. The fraction of sp³-hybridized carbons (Fsp3) is 0.286. The Hall–Kier alpha value is -2.82. The van der Waals surface area contributed by atoms with Gasteiger partial charge in [0.1, 0.15) is 5.82 Å². The number of amides is 2. The summed E-state index contributed by atoms with van der Waals surface area (Å²) >= 11 is 1.25. The molecule has 0 saturated carbocycles. The van der Waals surface area contributed by atoms with E-state index in [1.54, 1.807) is 12.1 Å². The van der Waals surface area contributed by atoms with Crippen LogP contribution in [0.3, 0.4) is 0 Å². The lowest BCUT2D eigenvalue weighted by molar-refractivity contribution is 0.249. The van der Waals surface area contributed by atoms with E-state index >= 15 is 0 Å². The number of nitrogens with two attached hydrogens (primary N) is 1. The molecule has 132 valence electrons. The average Bonchev–Trinajstić information content (AvgIpc) is 3.02. The summed E-state index contributed by atoms with van der Waals surface area (Å²) in [5.41, 5.74) is 6.66. The third kappa shape index (κ3) is 3.65. The molecule has 9 nitrogen and oxygen atoms in total. The van der Waals surface area contributed by atoms with Crippen molar-refractivity contribution in [3.63, 3.8) is 0 Å². The van der Waals surface area contributed by atoms with Crippen LogP contribution in [0.15, 0.2) is 33.0 Å². The number of amidine groups is 1. The maximum atomic E-state index is 13.6. The number of rotatable bonds is 6. The van der Waals surface area contributed by atoms with Crippen LogP contribution in [0, 0.1) is 5.82 Å². The molecule has 3 rings (SSSR count). The van der Waals surface area contributed by atoms with Gasteiger partial charge in [-0.25, -0.2) is 13.8 Å². The maximum Gasteiger partial charge on any atom is 0.312 e. The van der Waals surface area contributed by atoms with Crippen molar-refractivity contribution in [1.82, 2.24) is 20.9 Å². The van der Waals surface area contributed by atoms with E-state index in [4.69, 9.17) is 10.4 Å². The molecule has 0 saturated heterocycles. The Kier molecular flexibility index (Phi) is 5.03. The first-order valence-electron chi connectivity index (χ1n) is 7.35. The molecular formula is C14H15FN6O3S. The van der Waals surface area contributed by atoms with Crippen LogP contribution in [0.5, 0.6) is 0 Å². The number of hydrogen-bond donors (Lipinski definition) is 4. The minimum Gasteiger partial charge on any atom is -0.409 e. The minimum atomic E-state index is -0.616. The van der Waals surface area contributed by atoms with Gasteiger partial charge in [-0.1, -0.05) is 29.1 Å². The highest BCUT2D eigenvalue weighted by Crippen LogP contribution is 2.35. The van der Waals surface area contributed by atoms with E-state index in [0.717, 1.165) is 5.56 Å². The van der Waals surface area contributed by atoms with Gasteiger partial charge in [0.05, 0.1) is 6.04 Å². The minimum absolute atomic E-state index is 0.0755. The van der Waals surface area contributed by atoms with E-state index in [2.05, 4.69) is 26.1 Å². The smallest absolute Gasteiger partial charge is 0.312 e. The van der Waals surface area contributed by atoms with E-state index < -0.39 is 6.03 Å². The van der Waals surface area contributed by atoms with Crippen molar-refractivity contribution in [2.24, 2.45) is 10.9 Å². The fourth-order valence-corrected chi connectivity index (χ4v) is 3.23. The van der Waals surface area contributed by atoms with Gasteiger partial charge in [0.25, 0.3) is 0 Å². The van der Waals surface area contributed by atoms with Gasteiger partial charge in [-0.2, -0.15) is 0 Å². The number of hydrogen-bond acceptors (Lipinski definition) is 7. The Bertz CT molecular complexity index is 812. The van der Waals surface area contributed by atoms with Gasteiger partial charge < -0.3 is 21.6 Å². The standard InChI is InChI=1S/C14H15FN6O3S/c15-9-3-1-2-7-8(9)6-10(7)18-12(19-23)11-13(21-24-20-11)25-5-4-17-14(16)22/h1-3,10,23H,4-6H2,(H,18,19)(H3,16,17,22). The van der Waals surface area contributed by atoms with Crippen LogP contribution in [0.25, 0.3) is 0 Å². The van der Waals surface area contributed by atoms with Crippen LogP contribution >= 0.6 is 11.8 Å². The highest BCUT2D eigenvalue weighted by Gasteiger charge is 2.31. The molecule has 1 aliphatic rings. The average molecular weight is 366 g/mol. The monoisotopic (exact) mass is 366 g/mol. The molecule has 2 aromatic rings. The van der Waals surface area contributed by atoms with Crippen LogP contribution in [0.4, 0.5) is 9.18 Å². The van der Waals surface area contributed by atoms with E-state index in [1.807, 2.05) is 0 Å². The van der Waals surface area contributed by atoms with Gasteiger partial charge in [-0.15, -0.1) is 0 Å². The summed E-state index contributed by atoms with van der Waals surface area (Å²) in [5, 5.41) is 25.8. The summed E-state index contributed by atoms with van der Waals surface area (Å²) in [5.74, 6) is 0.297. The molecule has 0 spiro atoms. The largest absolute Gasteiger partial charge is 0.409 e. The fourth-order valence-electron chi connectivity index (χ4n) is 2.48. The third-order valence-electron chi connectivity index (χ3n) is 3.67. The predicted molar refractivity (Wildman–Crippen MR) is 86.9 cm³/mol. The Morgan fingerprint density at radius 2 is 2.36 bits per heavy atom. The molecule has 1 heterocycles. The number of halogens is 1. The van der Waals surface area contributed by atoms with Gasteiger partial charge in [-0.3, -0.25) is 0 Å². The number of thioether (sulfide) groups is 1. The Balaban J connectivity index is 1.65. The Morgan fingerprint density at radius 3 is 3.12 bits per heavy atom. The molecule has 5 N–H and O–H groups in total. The van der Waals surface area contributed by atoms with Gasteiger partial charge in [0.2, 0.25) is 0 Å². The highest BCUT2D eigenvalue weighted by atomic mass is 32.2. The molecule has 0 fully saturated rings. The molecule has 25 heavy (non-hydrogen) atoms. The first-order valence-corrected chi connectivity index (χ1v) is 8.33. The molecule has 11 heteroatoms. The second-order valence-corrected chi connectivity index (χ2v) is 6.30. The van der Waals surface area contributed by atoms with Gasteiger partial charge >= 0.3 is 6.03 Å². The topological polar surface area (TPSA) is 139 Å².